The standard InChI is InChI=1S/C8H12O.C2H6/c1-7-4-3-5-8(6-7)9-2;1-2/h6H,1,3-5H2,2H3;1-2H3. The fraction of sp³-hybridized carbons (Fsp3) is 0.600. The summed E-state index contributed by atoms with van der Waals surface area (Å²) in [4.78, 5) is 0. The van der Waals surface area contributed by atoms with Crippen molar-refractivity contribution in [3.8, 4) is 0 Å². The van der Waals surface area contributed by atoms with Gasteiger partial charge in [-0.3, -0.25) is 0 Å². The van der Waals surface area contributed by atoms with Crippen LogP contribution in [-0.2, 0) is 4.74 Å². The molecule has 1 aliphatic carbocycles. The SMILES string of the molecule is C=C1C=C(OC)CCC1.CC. The van der Waals surface area contributed by atoms with Gasteiger partial charge in [-0.25, -0.2) is 0 Å². The van der Waals surface area contributed by atoms with Gasteiger partial charge in [-0.05, 0) is 18.9 Å². The van der Waals surface area contributed by atoms with E-state index in [0.29, 0.717) is 0 Å². The largest absolute Gasteiger partial charge is 0.501 e. The monoisotopic (exact) mass is 154 g/mol. The molecular weight excluding hydrogens is 136 g/mol. The van der Waals surface area contributed by atoms with E-state index in [2.05, 4.69) is 6.58 Å². The molecule has 0 atom stereocenters. The summed E-state index contributed by atoms with van der Waals surface area (Å²) in [5.41, 5.74) is 1.19. The van der Waals surface area contributed by atoms with E-state index >= 15 is 0 Å². The summed E-state index contributed by atoms with van der Waals surface area (Å²) in [6.45, 7) is 7.86. The minimum absolute atomic E-state index is 1.08. The van der Waals surface area contributed by atoms with Crippen LogP contribution in [0.1, 0.15) is 33.1 Å². The zero-order valence-electron chi connectivity index (χ0n) is 7.81. The minimum Gasteiger partial charge on any atom is -0.501 e. The van der Waals surface area contributed by atoms with Crippen LogP contribution >= 0.6 is 0 Å². The van der Waals surface area contributed by atoms with Crippen molar-refractivity contribution in [3.05, 3.63) is 24.0 Å². The maximum atomic E-state index is 5.06. The molecule has 0 heterocycles. The first-order valence-electron chi connectivity index (χ1n) is 4.25. The topological polar surface area (TPSA) is 9.23 Å². The molecule has 1 nitrogen and oxygen atoms in total. The first-order valence-corrected chi connectivity index (χ1v) is 4.25. The summed E-state index contributed by atoms with van der Waals surface area (Å²) in [6.07, 6.45) is 5.43. The molecule has 0 radical (unpaired) electrons. The van der Waals surface area contributed by atoms with Crippen LogP contribution < -0.4 is 0 Å². The number of rotatable bonds is 1. The minimum atomic E-state index is 1.08. The van der Waals surface area contributed by atoms with Gasteiger partial charge in [-0.1, -0.05) is 26.0 Å². The second kappa shape index (κ2) is 6.02. The van der Waals surface area contributed by atoms with E-state index in [-0.39, 0.29) is 0 Å². The van der Waals surface area contributed by atoms with Crippen LogP contribution in [0.4, 0.5) is 0 Å². The fourth-order valence-corrected chi connectivity index (χ4v) is 1.02. The maximum Gasteiger partial charge on any atom is 0.0958 e. The molecule has 0 spiro atoms. The van der Waals surface area contributed by atoms with Gasteiger partial charge in [-0.2, -0.15) is 0 Å². The first-order chi connectivity index (χ1) is 5.33. The fourth-order valence-electron chi connectivity index (χ4n) is 1.02. The summed E-state index contributed by atoms with van der Waals surface area (Å²) in [7, 11) is 1.71. The van der Waals surface area contributed by atoms with Gasteiger partial charge in [0.05, 0.1) is 12.9 Å². The predicted octanol–water partition coefficient (Wildman–Crippen LogP) is 3.28. The zero-order chi connectivity index (χ0) is 8.69. The highest BCUT2D eigenvalue weighted by Gasteiger charge is 2.04. The number of allylic oxidation sites excluding steroid dienone is 3. The van der Waals surface area contributed by atoms with E-state index in [0.717, 1.165) is 18.6 Å². The van der Waals surface area contributed by atoms with Crippen LogP contribution in [0.3, 0.4) is 0 Å². The molecule has 0 aromatic heterocycles. The Hall–Kier alpha value is -0.720. The van der Waals surface area contributed by atoms with Gasteiger partial charge in [0.15, 0.2) is 0 Å². The molecule has 1 aliphatic rings. The highest BCUT2D eigenvalue weighted by Crippen LogP contribution is 2.20. The summed E-state index contributed by atoms with van der Waals surface area (Å²) >= 11 is 0. The van der Waals surface area contributed by atoms with E-state index < -0.39 is 0 Å². The van der Waals surface area contributed by atoms with Crippen molar-refractivity contribution < 1.29 is 4.74 Å². The molecule has 0 aromatic carbocycles. The highest BCUT2D eigenvalue weighted by molar-refractivity contribution is 5.20. The van der Waals surface area contributed by atoms with E-state index in [4.69, 9.17) is 4.74 Å². The van der Waals surface area contributed by atoms with Gasteiger partial charge < -0.3 is 4.74 Å². The Balaban J connectivity index is 0.000000461. The van der Waals surface area contributed by atoms with Crippen molar-refractivity contribution >= 4 is 0 Å². The number of ether oxygens (including phenoxy) is 1. The van der Waals surface area contributed by atoms with Gasteiger partial charge in [0, 0.05) is 6.42 Å². The van der Waals surface area contributed by atoms with Crippen LogP contribution in [0.25, 0.3) is 0 Å². The third kappa shape index (κ3) is 3.87. The van der Waals surface area contributed by atoms with Crippen molar-refractivity contribution in [2.75, 3.05) is 7.11 Å². The van der Waals surface area contributed by atoms with E-state index in [1.165, 1.54) is 12.0 Å². The zero-order valence-corrected chi connectivity index (χ0v) is 7.81. The summed E-state index contributed by atoms with van der Waals surface area (Å²) in [5.74, 6) is 1.08. The average molecular weight is 154 g/mol. The summed E-state index contributed by atoms with van der Waals surface area (Å²) in [5, 5.41) is 0. The van der Waals surface area contributed by atoms with Crippen molar-refractivity contribution in [3.63, 3.8) is 0 Å². The number of hydrogen-bond donors (Lipinski definition) is 0. The molecule has 0 fully saturated rings. The third-order valence-electron chi connectivity index (χ3n) is 1.55. The van der Waals surface area contributed by atoms with Gasteiger partial charge in [0.2, 0.25) is 0 Å². The molecule has 1 rings (SSSR count). The van der Waals surface area contributed by atoms with E-state index in [1.54, 1.807) is 7.11 Å². The predicted molar refractivity (Wildman–Crippen MR) is 49.4 cm³/mol. The van der Waals surface area contributed by atoms with Crippen molar-refractivity contribution in [2.45, 2.75) is 33.1 Å². The maximum absolute atomic E-state index is 5.06. The van der Waals surface area contributed by atoms with Crippen molar-refractivity contribution in [2.24, 2.45) is 0 Å². The molecule has 1 heteroatoms. The van der Waals surface area contributed by atoms with E-state index in [1.807, 2.05) is 19.9 Å². The summed E-state index contributed by atoms with van der Waals surface area (Å²) in [6, 6.07) is 0. The second-order valence-electron chi connectivity index (χ2n) is 2.33. The molecular formula is C10H18O. The molecule has 0 aliphatic heterocycles. The van der Waals surface area contributed by atoms with Crippen molar-refractivity contribution in [1.82, 2.24) is 0 Å². The van der Waals surface area contributed by atoms with Crippen LogP contribution in [0.15, 0.2) is 24.0 Å². The normalized spacial score (nSPS) is 16.3. The second-order valence-corrected chi connectivity index (χ2v) is 2.33. The van der Waals surface area contributed by atoms with E-state index in [9.17, 15) is 0 Å². The van der Waals surface area contributed by atoms with Gasteiger partial charge >= 0.3 is 0 Å². The quantitative estimate of drug-likeness (QED) is 0.563. The third-order valence-corrected chi connectivity index (χ3v) is 1.55. The molecule has 0 amide bonds. The Kier molecular flexibility index (Phi) is 5.63. The Morgan fingerprint density at radius 3 is 2.36 bits per heavy atom. The molecule has 0 N–H and O–H groups in total. The lowest BCUT2D eigenvalue weighted by Gasteiger charge is -2.12. The number of hydrogen-bond acceptors (Lipinski definition) is 1. The molecule has 0 saturated carbocycles. The molecule has 11 heavy (non-hydrogen) atoms. The molecule has 0 saturated heterocycles. The van der Waals surface area contributed by atoms with Crippen LogP contribution in [0.5, 0.6) is 0 Å². The number of methoxy groups -OCH3 is 1. The smallest absolute Gasteiger partial charge is 0.0958 e. The van der Waals surface area contributed by atoms with Crippen LogP contribution in [-0.4, -0.2) is 7.11 Å². The Bertz CT molecular complexity index is 145. The lowest BCUT2D eigenvalue weighted by Crippen LogP contribution is -1.94. The average Bonchev–Trinajstić information content (AvgIpc) is 2.08. The van der Waals surface area contributed by atoms with Crippen molar-refractivity contribution in [1.29, 1.82) is 0 Å². The van der Waals surface area contributed by atoms with Gasteiger partial charge in [0.25, 0.3) is 0 Å². The van der Waals surface area contributed by atoms with Crippen LogP contribution in [0.2, 0.25) is 0 Å². The summed E-state index contributed by atoms with van der Waals surface area (Å²) < 4.78 is 5.06. The first kappa shape index (κ1) is 10.3. The Labute approximate surface area is 69.8 Å². The van der Waals surface area contributed by atoms with Gasteiger partial charge in [-0.15, -0.1) is 0 Å². The lowest BCUT2D eigenvalue weighted by molar-refractivity contribution is 0.271. The Morgan fingerprint density at radius 1 is 1.36 bits per heavy atom. The highest BCUT2D eigenvalue weighted by atomic mass is 16.5. The molecule has 0 unspecified atom stereocenters. The Morgan fingerprint density at radius 2 is 2.00 bits per heavy atom. The van der Waals surface area contributed by atoms with Gasteiger partial charge in [0.1, 0.15) is 0 Å². The molecule has 64 valence electrons. The van der Waals surface area contributed by atoms with Crippen LogP contribution in [0, 0.1) is 0 Å². The molecule has 0 bridgehead atoms. The lowest BCUT2D eigenvalue weighted by atomic mass is 10.0. The molecule has 0 aromatic rings.